The molecule has 0 bridgehead atoms. The first kappa shape index (κ1) is 14.5. The Bertz CT molecular complexity index is 497. The highest BCUT2D eigenvalue weighted by molar-refractivity contribution is 7.89. The lowest BCUT2D eigenvalue weighted by molar-refractivity contribution is 0.166. The minimum atomic E-state index is -3.30. The van der Waals surface area contributed by atoms with E-state index in [4.69, 9.17) is 0 Å². The quantitative estimate of drug-likeness (QED) is 0.827. The van der Waals surface area contributed by atoms with Gasteiger partial charge in [0, 0.05) is 6.54 Å². The molecule has 1 atom stereocenters. The zero-order chi connectivity index (χ0) is 13.9. The number of aliphatic hydroxyl groups is 1. The van der Waals surface area contributed by atoms with Crippen molar-refractivity contribution in [1.82, 2.24) is 4.31 Å². The van der Waals surface area contributed by atoms with E-state index in [-0.39, 0.29) is 18.4 Å². The summed E-state index contributed by atoms with van der Waals surface area (Å²) in [6.07, 6.45) is 2.02. The maximum atomic E-state index is 12.3. The molecular weight excluding hydrogens is 262 g/mol. The lowest BCUT2D eigenvalue weighted by Crippen LogP contribution is -2.44. The molecule has 0 radical (unpaired) electrons. The van der Waals surface area contributed by atoms with Crippen molar-refractivity contribution in [3.63, 3.8) is 0 Å². The summed E-state index contributed by atoms with van der Waals surface area (Å²) in [7, 11) is -3.30. The minimum absolute atomic E-state index is 0.0725. The van der Waals surface area contributed by atoms with E-state index in [1.807, 2.05) is 30.3 Å². The maximum Gasteiger partial charge on any atom is 0.214 e. The van der Waals surface area contributed by atoms with Crippen molar-refractivity contribution >= 4 is 10.0 Å². The molecule has 1 saturated carbocycles. The zero-order valence-electron chi connectivity index (χ0n) is 11.2. The van der Waals surface area contributed by atoms with Gasteiger partial charge in [-0.15, -0.1) is 0 Å². The summed E-state index contributed by atoms with van der Waals surface area (Å²) in [5.74, 6) is 0.387. The number of sulfonamides is 1. The molecule has 1 aliphatic carbocycles. The lowest BCUT2D eigenvalue weighted by Gasteiger charge is -2.29. The van der Waals surface area contributed by atoms with Gasteiger partial charge in [-0.25, -0.2) is 8.42 Å². The number of hydrogen-bond donors (Lipinski definition) is 1. The van der Waals surface area contributed by atoms with Gasteiger partial charge in [0.15, 0.2) is 0 Å². The number of hydrogen-bond acceptors (Lipinski definition) is 3. The molecule has 1 aliphatic rings. The van der Waals surface area contributed by atoms with Gasteiger partial charge < -0.3 is 5.11 Å². The van der Waals surface area contributed by atoms with Crippen LogP contribution in [0.1, 0.15) is 25.3 Å². The Labute approximate surface area is 115 Å². The van der Waals surface area contributed by atoms with Gasteiger partial charge in [0.25, 0.3) is 0 Å². The first-order valence-electron chi connectivity index (χ1n) is 6.72. The third-order valence-electron chi connectivity index (χ3n) is 3.63. The molecule has 106 valence electrons. The lowest BCUT2D eigenvalue weighted by atomic mass is 10.1. The van der Waals surface area contributed by atoms with E-state index < -0.39 is 10.0 Å². The van der Waals surface area contributed by atoms with Crippen molar-refractivity contribution in [1.29, 1.82) is 0 Å². The highest BCUT2D eigenvalue weighted by Crippen LogP contribution is 2.36. The van der Waals surface area contributed by atoms with E-state index in [2.05, 4.69) is 0 Å². The molecule has 0 aromatic heterocycles. The van der Waals surface area contributed by atoms with Crippen molar-refractivity contribution in [3.8, 4) is 0 Å². The average molecular weight is 283 g/mol. The summed E-state index contributed by atoms with van der Waals surface area (Å²) in [6.45, 7) is 1.89. The van der Waals surface area contributed by atoms with Crippen LogP contribution in [0, 0.1) is 5.92 Å². The Hall–Kier alpha value is -0.910. The van der Waals surface area contributed by atoms with Crippen molar-refractivity contribution in [3.05, 3.63) is 35.9 Å². The van der Waals surface area contributed by atoms with Crippen LogP contribution < -0.4 is 0 Å². The molecular formula is C14H21NO3S. The summed E-state index contributed by atoms with van der Waals surface area (Å²) in [4.78, 5) is 0. The van der Waals surface area contributed by atoms with Crippen molar-refractivity contribution in [2.75, 3.05) is 12.4 Å². The summed E-state index contributed by atoms with van der Waals surface area (Å²) in [6, 6.07) is 9.27. The van der Waals surface area contributed by atoms with Crippen LogP contribution in [0.15, 0.2) is 30.3 Å². The van der Waals surface area contributed by atoms with E-state index in [0.717, 1.165) is 18.4 Å². The van der Waals surface area contributed by atoms with Gasteiger partial charge in [-0.1, -0.05) is 30.3 Å². The Morgan fingerprint density at radius 1 is 1.32 bits per heavy atom. The van der Waals surface area contributed by atoms with E-state index in [1.54, 1.807) is 6.92 Å². The van der Waals surface area contributed by atoms with Gasteiger partial charge in [0.05, 0.1) is 18.4 Å². The molecule has 1 aromatic carbocycles. The van der Waals surface area contributed by atoms with E-state index in [0.29, 0.717) is 12.5 Å². The predicted molar refractivity (Wildman–Crippen MR) is 75.0 cm³/mol. The fourth-order valence-electron chi connectivity index (χ4n) is 2.31. The smallest absolute Gasteiger partial charge is 0.214 e. The molecule has 0 heterocycles. The molecule has 0 amide bonds. The van der Waals surface area contributed by atoms with Gasteiger partial charge in [0.2, 0.25) is 10.0 Å². The molecule has 1 unspecified atom stereocenters. The summed E-state index contributed by atoms with van der Waals surface area (Å²) >= 11 is 0. The van der Waals surface area contributed by atoms with Gasteiger partial charge >= 0.3 is 0 Å². The molecule has 19 heavy (non-hydrogen) atoms. The Morgan fingerprint density at radius 3 is 2.42 bits per heavy atom. The Morgan fingerprint density at radius 2 is 1.95 bits per heavy atom. The predicted octanol–water partition coefficient (Wildman–Crippen LogP) is 1.61. The molecule has 1 aromatic rings. The zero-order valence-corrected chi connectivity index (χ0v) is 12.0. The SMILES string of the molecule is CCS(=O)(=O)N(Cc1ccccc1)C(CO)C1CC1. The third kappa shape index (κ3) is 3.55. The first-order chi connectivity index (χ1) is 9.08. The second-order valence-corrected chi connectivity index (χ2v) is 7.23. The molecule has 2 rings (SSSR count). The van der Waals surface area contributed by atoms with Crippen LogP contribution in [0.5, 0.6) is 0 Å². The number of benzene rings is 1. The molecule has 0 aliphatic heterocycles. The van der Waals surface area contributed by atoms with Crippen molar-refractivity contribution in [2.45, 2.75) is 32.4 Å². The average Bonchev–Trinajstić information content (AvgIpc) is 3.24. The number of aliphatic hydroxyl groups excluding tert-OH is 1. The van der Waals surface area contributed by atoms with Crippen LogP contribution >= 0.6 is 0 Å². The Balaban J connectivity index is 2.24. The molecule has 1 N–H and O–H groups in total. The highest BCUT2D eigenvalue weighted by atomic mass is 32.2. The third-order valence-corrected chi connectivity index (χ3v) is 5.47. The van der Waals surface area contributed by atoms with Crippen LogP contribution in [0.3, 0.4) is 0 Å². The molecule has 1 fully saturated rings. The monoisotopic (exact) mass is 283 g/mol. The highest BCUT2D eigenvalue weighted by Gasteiger charge is 2.39. The standard InChI is InChI=1S/C14H21NO3S/c1-2-19(17,18)15(14(11-16)13-8-9-13)10-12-6-4-3-5-7-12/h3-7,13-14,16H,2,8-11H2,1H3. The van der Waals surface area contributed by atoms with Gasteiger partial charge in [0.1, 0.15) is 0 Å². The normalized spacial score (nSPS) is 17.6. The second-order valence-electron chi connectivity index (χ2n) is 5.02. The van der Waals surface area contributed by atoms with E-state index >= 15 is 0 Å². The topological polar surface area (TPSA) is 57.6 Å². The summed E-state index contributed by atoms with van der Waals surface area (Å²) < 4.78 is 26.0. The van der Waals surface area contributed by atoms with Gasteiger partial charge in [-0.3, -0.25) is 0 Å². The largest absolute Gasteiger partial charge is 0.395 e. The van der Waals surface area contributed by atoms with Crippen LogP contribution in [0.4, 0.5) is 0 Å². The van der Waals surface area contributed by atoms with Crippen LogP contribution in [-0.4, -0.2) is 36.2 Å². The molecule has 0 saturated heterocycles. The van der Waals surface area contributed by atoms with Crippen molar-refractivity contribution < 1.29 is 13.5 Å². The number of nitrogens with zero attached hydrogens (tertiary/aromatic N) is 1. The molecule has 4 nitrogen and oxygen atoms in total. The van der Waals surface area contributed by atoms with Crippen molar-refractivity contribution in [2.24, 2.45) is 5.92 Å². The number of rotatable bonds is 7. The van der Waals surface area contributed by atoms with Crippen LogP contribution in [-0.2, 0) is 16.6 Å². The summed E-state index contributed by atoms with van der Waals surface area (Å²) in [5.41, 5.74) is 0.957. The Kier molecular flexibility index (Phi) is 4.60. The second kappa shape index (κ2) is 6.03. The molecule has 0 spiro atoms. The summed E-state index contributed by atoms with van der Waals surface area (Å²) in [5, 5.41) is 9.54. The van der Waals surface area contributed by atoms with Crippen LogP contribution in [0.25, 0.3) is 0 Å². The van der Waals surface area contributed by atoms with Gasteiger partial charge in [-0.05, 0) is 31.2 Å². The fraction of sp³-hybridized carbons (Fsp3) is 0.571. The maximum absolute atomic E-state index is 12.3. The van der Waals surface area contributed by atoms with E-state index in [1.165, 1.54) is 4.31 Å². The minimum Gasteiger partial charge on any atom is -0.395 e. The van der Waals surface area contributed by atoms with Gasteiger partial charge in [-0.2, -0.15) is 4.31 Å². The van der Waals surface area contributed by atoms with Crippen LogP contribution in [0.2, 0.25) is 0 Å². The molecule has 5 heteroatoms. The van der Waals surface area contributed by atoms with E-state index in [9.17, 15) is 13.5 Å². The fourth-order valence-corrected chi connectivity index (χ4v) is 3.64. The first-order valence-corrected chi connectivity index (χ1v) is 8.33.